The van der Waals surface area contributed by atoms with Crippen LogP contribution >= 0.6 is 0 Å². The average molecular weight is 276 g/mol. The second kappa shape index (κ2) is 6.06. The van der Waals surface area contributed by atoms with Gasteiger partial charge in [0, 0.05) is 45.5 Å². The Hall–Kier alpha value is -1.20. The van der Waals surface area contributed by atoms with Crippen LogP contribution in [0.15, 0.2) is 6.20 Å². The lowest BCUT2D eigenvalue weighted by atomic mass is 10.1. The molecule has 2 saturated heterocycles. The first-order chi connectivity index (χ1) is 9.72. The third-order valence-corrected chi connectivity index (χ3v) is 4.26. The molecule has 0 radical (unpaired) electrons. The number of aromatic nitrogens is 2. The summed E-state index contributed by atoms with van der Waals surface area (Å²) in [6, 6.07) is 0. The standard InChI is InChI=1S/C15H24N4O/c1-12-9-16-13(2)15(17-12)19-6-4-18(5-7-19)10-14-3-8-20-11-14/h9,14H,3-8,10-11H2,1-2H3. The number of rotatable bonds is 3. The molecule has 0 aromatic carbocycles. The maximum Gasteiger partial charge on any atom is 0.150 e. The molecule has 3 rings (SSSR count). The van der Waals surface area contributed by atoms with Crippen LogP contribution in [0.1, 0.15) is 17.8 Å². The molecule has 1 unspecified atom stereocenters. The summed E-state index contributed by atoms with van der Waals surface area (Å²) in [4.78, 5) is 14.0. The Labute approximate surface area is 121 Å². The quantitative estimate of drug-likeness (QED) is 0.831. The Kier molecular flexibility index (Phi) is 4.17. The molecule has 5 nitrogen and oxygen atoms in total. The lowest BCUT2D eigenvalue weighted by molar-refractivity contribution is 0.164. The van der Waals surface area contributed by atoms with E-state index in [2.05, 4.69) is 19.8 Å². The van der Waals surface area contributed by atoms with Crippen molar-refractivity contribution in [1.82, 2.24) is 14.9 Å². The number of ether oxygens (including phenoxy) is 1. The van der Waals surface area contributed by atoms with Crippen molar-refractivity contribution in [1.29, 1.82) is 0 Å². The molecule has 1 aromatic rings. The molecule has 1 atom stereocenters. The number of hydrogen-bond acceptors (Lipinski definition) is 5. The summed E-state index contributed by atoms with van der Waals surface area (Å²) < 4.78 is 5.46. The number of nitrogens with zero attached hydrogens (tertiary/aromatic N) is 4. The van der Waals surface area contributed by atoms with Crippen LogP contribution in [-0.4, -0.2) is 60.8 Å². The van der Waals surface area contributed by atoms with Crippen LogP contribution in [0, 0.1) is 19.8 Å². The molecule has 2 fully saturated rings. The molecule has 0 spiro atoms. The molecule has 5 heteroatoms. The van der Waals surface area contributed by atoms with E-state index in [0.717, 1.165) is 62.5 Å². The van der Waals surface area contributed by atoms with Gasteiger partial charge in [-0.05, 0) is 26.2 Å². The molecule has 3 heterocycles. The van der Waals surface area contributed by atoms with E-state index < -0.39 is 0 Å². The zero-order valence-electron chi connectivity index (χ0n) is 12.5. The molecule has 0 bridgehead atoms. The van der Waals surface area contributed by atoms with Gasteiger partial charge >= 0.3 is 0 Å². The summed E-state index contributed by atoms with van der Waals surface area (Å²) >= 11 is 0. The van der Waals surface area contributed by atoms with E-state index in [9.17, 15) is 0 Å². The smallest absolute Gasteiger partial charge is 0.150 e. The summed E-state index contributed by atoms with van der Waals surface area (Å²) in [5, 5.41) is 0. The van der Waals surface area contributed by atoms with Gasteiger partial charge in [0.2, 0.25) is 0 Å². The monoisotopic (exact) mass is 276 g/mol. The molecule has 0 N–H and O–H groups in total. The molecule has 110 valence electrons. The van der Waals surface area contributed by atoms with E-state index in [0.29, 0.717) is 0 Å². The van der Waals surface area contributed by atoms with Crippen molar-refractivity contribution in [2.75, 3.05) is 50.8 Å². The normalized spacial score (nSPS) is 24.3. The summed E-state index contributed by atoms with van der Waals surface area (Å²) in [5.74, 6) is 1.80. The highest BCUT2D eigenvalue weighted by molar-refractivity contribution is 5.43. The van der Waals surface area contributed by atoms with Gasteiger partial charge in [-0.15, -0.1) is 0 Å². The van der Waals surface area contributed by atoms with Crippen molar-refractivity contribution in [3.63, 3.8) is 0 Å². The van der Waals surface area contributed by atoms with Crippen molar-refractivity contribution < 1.29 is 4.74 Å². The summed E-state index contributed by atoms with van der Waals surface area (Å²) in [6.45, 7) is 11.5. The highest BCUT2D eigenvalue weighted by atomic mass is 16.5. The highest BCUT2D eigenvalue weighted by Gasteiger charge is 2.24. The SMILES string of the molecule is Cc1cnc(C)c(N2CCN(CC3CCOC3)CC2)n1. The molecule has 2 aliphatic rings. The number of aryl methyl sites for hydroxylation is 2. The van der Waals surface area contributed by atoms with Gasteiger partial charge in [-0.3, -0.25) is 9.88 Å². The topological polar surface area (TPSA) is 41.5 Å². The van der Waals surface area contributed by atoms with E-state index >= 15 is 0 Å². The van der Waals surface area contributed by atoms with Crippen molar-refractivity contribution in [2.45, 2.75) is 20.3 Å². The number of piperazine rings is 1. The minimum Gasteiger partial charge on any atom is -0.381 e. The fourth-order valence-electron chi connectivity index (χ4n) is 3.06. The Morgan fingerprint density at radius 1 is 1.25 bits per heavy atom. The Morgan fingerprint density at radius 2 is 2.05 bits per heavy atom. The molecule has 20 heavy (non-hydrogen) atoms. The first-order valence-corrected chi connectivity index (χ1v) is 7.57. The largest absolute Gasteiger partial charge is 0.381 e. The fourth-order valence-corrected chi connectivity index (χ4v) is 3.06. The first kappa shape index (κ1) is 13.8. The van der Waals surface area contributed by atoms with E-state index in [1.165, 1.54) is 13.0 Å². The second-order valence-corrected chi connectivity index (χ2v) is 5.94. The van der Waals surface area contributed by atoms with Crippen LogP contribution in [0.3, 0.4) is 0 Å². The van der Waals surface area contributed by atoms with E-state index in [-0.39, 0.29) is 0 Å². The van der Waals surface area contributed by atoms with Gasteiger partial charge in [0.25, 0.3) is 0 Å². The maximum absolute atomic E-state index is 5.46. The van der Waals surface area contributed by atoms with Gasteiger partial charge in [0.15, 0.2) is 0 Å². The lowest BCUT2D eigenvalue weighted by Gasteiger charge is -2.36. The first-order valence-electron chi connectivity index (χ1n) is 7.57. The van der Waals surface area contributed by atoms with Gasteiger partial charge < -0.3 is 9.64 Å². The Balaban J connectivity index is 1.56. The number of anilines is 1. The Morgan fingerprint density at radius 3 is 2.75 bits per heavy atom. The zero-order valence-corrected chi connectivity index (χ0v) is 12.5. The van der Waals surface area contributed by atoms with Crippen LogP contribution in [0.4, 0.5) is 5.82 Å². The van der Waals surface area contributed by atoms with Gasteiger partial charge in [-0.2, -0.15) is 0 Å². The maximum atomic E-state index is 5.46. The molecule has 0 amide bonds. The summed E-state index contributed by atoms with van der Waals surface area (Å²) in [6.07, 6.45) is 3.07. The lowest BCUT2D eigenvalue weighted by Crippen LogP contribution is -2.48. The minimum atomic E-state index is 0.738. The second-order valence-electron chi connectivity index (χ2n) is 5.94. The van der Waals surface area contributed by atoms with E-state index in [1.54, 1.807) is 0 Å². The summed E-state index contributed by atoms with van der Waals surface area (Å²) in [5.41, 5.74) is 2.03. The predicted molar refractivity (Wildman–Crippen MR) is 79.1 cm³/mol. The third kappa shape index (κ3) is 3.10. The molecular weight excluding hydrogens is 252 g/mol. The number of hydrogen-bond donors (Lipinski definition) is 0. The molecule has 2 aliphatic heterocycles. The molecule has 1 aromatic heterocycles. The molecule has 0 aliphatic carbocycles. The highest BCUT2D eigenvalue weighted by Crippen LogP contribution is 2.19. The predicted octanol–water partition coefficient (Wildman–Crippen LogP) is 1.25. The van der Waals surface area contributed by atoms with Crippen LogP contribution in [-0.2, 0) is 4.74 Å². The van der Waals surface area contributed by atoms with E-state index in [1.807, 2.05) is 20.0 Å². The van der Waals surface area contributed by atoms with Gasteiger partial charge in [-0.1, -0.05) is 0 Å². The van der Waals surface area contributed by atoms with Crippen molar-refractivity contribution >= 4 is 5.82 Å². The van der Waals surface area contributed by atoms with Crippen LogP contribution in [0.5, 0.6) is 0 Å². The van der Waals surface area contributed by atoms with Crippen molar-refractivity contribution in [2.24, 2.45) is 5.92 Å². The summed E-state index contributed by atoms with van der Waals surface area (Å²) in [7, 11) is 0. The fraction of sp³-hybridized carbons (Fsp3) is 0.733. The van der Waals surface area contributed by atoms with Crippen molar-refractivity contribution in [3.8, 4) is 0 Å². The van der Waals surface area contributed by atoms with Gasteiger partial charge in [-0.25, -0.2) is 4.98 Å². The molecular formula is C15H24N4O. The van der Waals surface area contributed by atoms with Crippen LogP contribution in [0.2, 0.25) is 0 Å². The molecule has 0 saturated carbocycles. The Bertz CT molecular complexity index is 451. The third-order valence-electron chi connectivity index (χ3n) is 4.26. The van der Waals surface area contributed by atoms with Gasteiger partial charge in [0.1, 0.15) is 5.82 Å². The van der Waals surface area contributed by atoms with Crippen LogP contribution < -0.4 is 4.90 Å². The van der Waals surface area contributed by atoms with Crippen molar-refractivity contribution in [3.05, 3.63) is 17.6 Å². The van der Waals surface area contributed by atoms with E-state index in [4.69, 9.17) is 4.74 Å². The average Bonchev–Trinajstić information content (AvgIpc) is 2.95. The van der Waals surface area contributed by atoms with Gasteiger partial charge in [0.05, 0.1) is 18.0 Å². The zero-order chi connectivity index (χ0) is 13.9. The minimum absolute atomic E-state index is 0.738. The van der Waals surface area contributed by atoms with Crippen LogP contribution in [0.25, 0.3) is 0 Å².